The third-order valence-corrected chi connectivity index (χ3v) is 4.66. The summed E-state index contributed by atoms with van der Waals surface area (Å²) in [6.07, 6.45) is 4.73. The summed E-state index contributed by atoms with van der Waals surface area (Å²) < 4.78 is 0. The molecule has 0 saturated carbocycles. The van der Waals surface area contributed by atoms with Gasteiger partial charge in [-0.3, -0.25) is 4.79 Å². The van der Waals surface area contributed by atoms with Crippen LogP contribution in [0.3, 0.4) is 0 Å². The third-order valence-electron chi connectivity index (χ3n) is 4.66. The molecule has 1 heterocycles. The van der Waals surface area contributed by atoms with Crippen LogP contribution in [0.4, 0.5) is 0 Å². The van der Waals surface area contributed by atoms with Crippen molar-refractivity contribution in [1.82, 2.24) is 10.3 Å². The first-order chi connectivity index (χ1) is 11.3. The number of rotatable bonds is 3. The lowest BCUT2D eigenvalue weighted by molar-refractivity contribution is 0.0951. The Hall–Kier alpha value is -2.55. The molecule has 3 heteroatoms. The van der Waals surface area contributed by atoms with Gasteiger partial charge in [0.15, 0.2) is 0 Å². The first-order valence-electron chi connectivity index (χ1n) is 8.27. The summed E-state index contributed by atoms with van der Waals surface area (Å²) >= 11 is 0. The summed E-state index contributed by atoms with van der Waals surface area (Å²) in [5, 5.41) is 4.22. The highest BCUT2D eigenvalue weighted by molar-refractivity contribution is 5.99. The van der Waals surface area contributed by atoms with Crippen LogP contribution >= 0.6 is 0 Å². The van der Waals surface area contributed by atoms with Crippen LogP contribution in [-0.2, 0) is 19.4 Å². The van der Waals surface area contributed by atoms with E-state index in [1.807, 2.05) is 48.5 Å². The molecule has 0 saturated heterocycles. The molecule has 3 nitrogen and oxygen atoms in total. The van der Waals surface area contributed by atoms with Crippen LogP contribution in [0.2, 0.25) is 0 Å². The maximum Gasteiger partial charge on any atom is 0.251 e. The van der Waals surface area contributed by atoms with Crippen molar-refractivity contribution in [2.75, 3.05) is 0 Å². The predicted octanol–water partition coefficient (Wildman–Crippen LogP) is 3.98. The van der Waals surface area contributed by atoms with Gasteiger partial charge >= 0.3 is 0 Å². The summed E-state index contributed by atoms with van der Waals surface area (Å²) in [5.74, 6) is -0.0125. The minimum atomic E-state index is -0.0125. The first kappa shape index (κ1) is 14.1. The molecule has 1 aliphatic rings. The normalized spacial score (nSPS) is 13.7. The van der Waals surface area contributed by atoms with E-state index >= 15 is 0 Å². The van der Waals surface area contributed by atoms with Crippen LogP contribution in [-0.4, -0.2) is 10.9 Å². The van der Waals surface area contributed by atoms with Crippen molar-refractivity contribution in [3.8, 4) is 0 Å². The number of carbonyl (C=O) groups excluding carboxylic acids is 1. The van der Waals surface area contributed by atoms with Crippen LogP contribution in [0.5, 0.6) is 0 Å². The maximum atomic E-state index is 12.4. The van der Waals surface area contributed by atoms with Crippen molar-refractivity contribution in [1.29, 1.82) is 0 Å². The Morgan fingerprint density at radius 3 is 2.74 bits per heavy atom. The zero-order valence-corrected chi connectivity index (χ0v) is 13.1. The molecule has 0 atom stereocenters. The van der Waals surface area contributed by atoms with Crippen molar-refractivity contribution in [3.05, 3.63) is 70.9 Å². The number of hydrogen-bond acceptors (Lipinski definition) is 1. The summed E-state index contributed by atoms with van der Waals surface area (Å²) in [4.78, 5) is 15.9. The topological polar surface area (TPSA) is 44.9 Å². The van der Waals surface area contributed by atoms with Gasteiger partial charge in [-0.25, -0.2) is 0 Å². The second-order valence-corrected chi connectivity index (χ2v) is 6.22. The van der Waals surface area contributed by atoms with Crippen molar-refractivity contribution >= 4 is 16.8 Å². The number of aromatic amines is 1. The van der Waals surface area contributed by atoms with E-state index in [1.165, 1.54) is 29.5 Å². The Bertz CT molecular complexity index is 849. The van der Waals surface area contributed by atoms with E-state index < -0.39 is 0 Å². The van der Waals surface area contributed by atoms with Gasteiger partial charge in [0, 0.05) is 28.7 Å². The first-order valence-corrected chi connectivity index (χ1v) is 8.27. The van der Waals surface area contributed by atoms with Gasteiger partial charge in [0.1, 0.15) is 0 Å². The molecule has 0 unspecified atom stereocenters. The number of amides is 1. The zero-order chi connectivity index (χ0) is 15.6. The van der Waals surface area contributed by atoms with Gasteiger partial charge in [0.2, 0.25) is 0 Å². The summed E-state index contributed by atoms with van der Waals surface area (Å²) in [6.45, 7) is 0.558. The molecule has 0 aliphatic heterocycles. The van der Waals surface area contributed by atoms with Crippen molar-refractivity contribution in [2.45, 2.75) is 32.2 Å². The van der Waals surface area contributed by atoms with Gasteiger partial charge in [-0.1, -0.05) is 30.3 Å². The van der Waals surface area contributed by atoms with Gasteiger partial charge in [-0.2, -0.15) is 0 Å². The Balaban J connectivity index is 1.57. The van der Waals surface area contributed by atoms with Gasteiger partial charge in [-0.15, -0.1) is 0 Å². The largest absolute Gasteiger partial charge is 0.358 e. The Kier molecular flexibility index (Phi) is 3.62. The molecule has 116 valence electrons. The minimum Gasteiger partial charge on any atom is -0.358 e. The summed E-state index contributed by atoms with van der Waals surface area (Å²) in [5.41, 5.74) is 5.76. The number of hydrogen-bond donors (Lipinski definition) is 2. The molecular formula is C20H20N2O. The molecule has 2 aromatic carbocycles. The van der Waals surface area contributed by atoms with E-state index in [1.54, 1.807) is 0 Å². The lowest BCUT2D eigenvalue weighted by Gasteiger charge is -2.10. The van der Waals surface area contributed by atoms with Crippen LogP contribution < -0.4 is 5.32 Å². The van der Waals surface area contributed by atoms with Gasteiger partial charge in [0.25, 0.3) is 5.91 Å². The van der Waals surface area contributed by atoms with Crippen LogP contribution in [0.25, 0.3) is 10.9 Å². The van der Waals surface area contributed by atoms with E-state index in [9.17, 15) is 4.79 Å². The molecule has 1 aromatic heterocycles. The number of carbonyl (C=O) groups is 1. The lowest BCUT2D eigenvalue weighted by Crippen LogP contribution is -2.22. The molecule has 4 rings (SSSR count). The SMILES string of the molecule is O=C(NCc1ccccc1)c1ccc2[nH]c3c(c2c1)CCCC3. The number of benzene rings is 2. The van der Waals surface area contributed by atoms with Crippen LogP contribution in [0.15, 0.2) is 48.5 Å². The fourth-order valence-corrected chi connectivity index (χ4v) is 3.43. The molecule has 23 heavy (non-hydrogen) atoms. The Morgan fingerprint density at radius 1 is 1.04 bits per heavy atom. The Morgan fingerprint density at radius 2 is 1.87 bits per heavy atom. The molecule has 3 aromatic rings. The molecule has 0 spiro atoms. The van der Waals surface area contributed by atoms with Crippen molar-refractivity contribution < 1.29 is 4.79 Å². The van der Waals surface area contributed by atoms with E-state index in [4.69, 9.17) is 0 Å². The number of aryl methyl sites for hydroxylation is 2. The standard InChI is InChI=1S/C20H20N2O/c23-20(21-13-14-6-2-1-3-7-14)15-10-11-19-17(12-15)16-8-4-5-9-18(16)22-19/h1-3,6-7,10-12,22H,4-5,8-9,13H2,(H,21,23). The fraction of sp³-hybridized carbons (Fsp3) is 0.250. The van der Waals surface area contributed by atoms with Gasteiger partial charge in [0.05, 0.1) is 0 Å². The molecule has 0 radical (unpaired) electrons. The second kappa shape index (κ2) is 5.92. The molecule has 0 fully saturated rings. The number of H-pyrrole nitrogens is 1. The second-order valence-electron chi connectivity index (χ2n) is 6.22. The monoisotopic (exact) mass is 304 g/mol. The third kappa shape index (κ3) is 2.74. The van der Waals surface area contributed by atoms with Crippen molar-refractivity contribution in [2.24, 2.45) is 0 Å². The predicted molar refractivity (Wildman–Crippen MR) is 92.6 cm³/mol. The average Bonchev–Trinajstić information content (AvgIpc) is 2.98. The fourth-order valence-electron chi connectivity index (χ4n) is 3.43. The maximum absolute atomic E-state index is 12.4. The van der Waals surface area contributed by atoms with Crippen LogP contribution in [0.1, 0.15) is 40.0 Å². The average molecular weight is 304 g/mol. The van der Waals surface area contributed by atoms with Crippen molar-refractivity contribution in [3.63, 3.8) is 0 Å². The number of fused-ring (bicyclic) bond motifs is 3. The van der Waals surface area contributed by atoms with E-state index in [0.717, 1.165) is 29.5 Å². The molecular weight excluding hydrogens is 284 g/mol. The van der Waals surface area contributed by atoms with E-state index in [2.05, 4.69) is 10.3 Å². The molecule has 0 bridgehead atoms. The Labute approximate surface area is 135 Å². The smallest absolute Gasteiger partial charge is 0.251 e. The summed E-state index contributed by atoms with van der Waals surface area (Å²) in [6, 6.07) is 16.0. The minimum absolute atomic E-state index is 0.0125. The van der Waals surface area contributed by atoms with Crippen LogP contribution in [0, 0.1) is 0 Å². The summed E-state index contributed by atoms with van der Waals surface area (Å²) in [7, 11) is 0. The highest BCUT2D eigenvalue weighted by atomic mass is 16.1. The van der Waals surface area contributed by atoms with Gasteiger partial charge in [-0.05, 0) is 55.0 Å². The zero-order valence-electron chi connectivity index (χ0n) is 13.1. The molecule has 1 amide bonds. The quantitative estimate of drug-likeness (QED) is 0.755. The van der Waals surface area contributed by atoms with E-state index in [-0.39, 0.29) is 5.91 Å². The highest BCUT2D eigenvalue weighted by Gasteiger charge is 2.16. The highest BCUT2D eigenvalue weighted by Crippen LogP contribution is 2.29. The number of nitrogens with one attached hydrogen (secondary N) is 2. The molecule has 2 N–H and O–H groups in total. The molecule has 1 aliphatic carbocycles. The van der Waals surface area contributed by atoms with E-state index in [0.29, 0.717) is 6.54 Å². The number of aromatic nitrogens is 1. The lowest BCUT2D eigenvalue weighted by atomic mass is 9.95. The van der Waals surface area contributed by atoms with Gasteiger partial charge < -0.3 is 10.3 Å².